The number of hydrogen-bond acceptors (Lipinski definition) is 3. The van der Waals surface area contributed by atoms with E-state index in [2.05, 4.69) is 24.1 Å². The molecule has 118 valence electrons. The lowest BCUT2D eigenvalue weighted by molar-refractivity contribution is -0.123. The van der Waals surface area contributed by atoms with Gasteiger partial charge >= 0.3 is 0 Å². The Morgan fingerprint density at radius 2 is 1.95 bits per heavy atom. The van der Waals surface area contributed by atoms with Gasteiger partial charge in [-0.25, -0.2) is 0 Å². The molecule has 1 atom stereocenters. The Balaban J connectivity index is 2.51. The summed E-state index contributed by atoms with van der Waals surface area (Å²) in [6.07, 6.45) is 9.74. The van der Waals surface area contributed by atoms with E-state index in [1.807, 2.05) is 0 Å². The highest BCUT2D eigenvalue weighted by atomic mass is 16.2. The number of carbonyl (C=O) groups excluding carboxylic acids is 1. The van der Waals surface area contributed by atoms with Crippen molar-refractivity contribution in [2.75, 3.05) is 19.6 Å². The highest BCUT2D eigenvalue weighted by molar-refractivity contribution is 5.78. The molecule has 0 aromatic heterocycles. The number of nitrogens with one attached hydrogen (secondary N) is 1. The van der Waals surface area contributed by atoms with Crippen LogP contribution in [0.3, 0.4) is 0 Å². The molecule has 1 aliphatic carbocycles. The van der Waals surface area contributed by atoms with E-state index < -0.39 is 0 Å². The quantitative estimate of drug-likeness (QED) is 0.672. The molecule has 0 aliphatic heterocycles. The molecule has 0 bridgehead atoms. The summed E-state index contributed by atoms with van der Waals surface area (Å²) < 4.78 is 0. The summed E-state index contributed by atoms with van der Waals surface area (Å²) in [5.74, 6) is 0.167. The van der Waals surface area contributed by atoms with Crippen molar-refractivity contribution in [3.63, 3.8) is 0 Å². The summed E-state index contributed by atoms with van der Waals surface area (Å²) in [5, 5.41) is 3.08. The fraction of sp³-hybridized carbons (Fsp3) is 0.938. The first-order valence-electron chi connectivity index (χ1n) is 8.40. The smallest absolute Gasteiger partial charge is 0.234 e. The molecule has 1 aliphatic rings. The van der Waals surface area contributed by atoms with Crippen LogP contribution in [0.5, 0.6) is 0 Å². The third kappa shape index (κ3) is 6.71. The van der Waals surface area contributed by atoms with Crippen LogP contribution in [0.2, 0.25) is 0 Å². The second kappa shape index (κ2) is 10.2. The van der Waals surface area contributed by atoms with Crippen molar-refractivity contribution in [2.45, 2.75) is 77.3 Å². The molecule has 0 saturated heterocycles. The summed E-state index contributed by atoms with van der Waals surface area (Å²) in [4.78, 5) is 14.5. The number of amides is 1. The molecule has 1 amide bonds. The van der Waals surface area contributed by atoms with Crippen LogP contribution in [0, 0.1) is 0 Å². The Labute approximate surface area is 124 Å². The van der Waals surface area contributed by atoms with Gasteiger partial charge in [0.05, 0.1) is 6.54 Å². The van der Waals surface area contributed by atoms with E-state index >= 15 is 0 Å². The van der Waals surface area contributed by atoms with Gasteiger partial charge in [-0.05, 0) is 39.2 Å². The maximum atomic E-state index is 12.1. The van der Waals surface area contributed by atoms with Crippen molar-refractivity contribution in [1.82, 2.24) is 10.2 Å². The Hall–Kier alpha value is -0.610. The lowest BCUT2D eigenvalue weighted by Crippen LogP contribution is -2.45. The summed E-state index contributed by atoms with van der Waals surface area (Å²) in [6, 6.07) is 0.847. The molecule has 0 aromatic carbocycles. The minimum atomic E-state index is 0.167. The summed E-state index contributed by atoms with van der Waals surface area (Å²) in [7, 11) is 0. The second-order valence-electron chi connectivity index (χ2n) is 6.13. The molecule has 0 spiro atoms. The van der Waals surface area contributed by atoms with Gasteiger partial charge in [-0.15, -0.1) is 0 Å². The highest BCUT2D eigenvalue weighted by Crippen LogP contribution is 2.22. The average molecular weight is 283 g/mol. The SMILES string of the molecule is CCC(C)NC(=O)CN(CCCN)C1CCCCCC1. The van der Waals surface area contributed by atoms with Crippen LogP contribution in [0.4, 0.5) is 0 Å². The van der Waals surface area contributed by atoms with E-state index in [1.54, 1.807) is 0 Å². The van der Waals surface area contributed by atoms with Gasteiger partial charge in [0.25, 0.3) is 0 Å². The number of nitrogens with two attached hydrogens (primary N) is 1. The third-order valence-electron chi connectivity index (χ3n) is 4.36. The van der Waals surface area contributed by atoms with E-state index in [4.69, 9.17) is 5.73 Å². The lowest BCUT2D eigenvalue weighted by atomic mass is 10.1. The van der Waals surface area contributed by atoms with Gasteiger partial charge in [0.1, 0.15) is 0 Å². The van der Waals surface area contributed by atoms with Crippen LogP contribution < -0.4 is 11.1 Å². The van der Waals surface area contributed by atoms with E-state index in [1.165, 1.54) is 38.5 Å². The van der Waals surface area contributed by atoms with Gasteiger partial charge in [0.2, 0.25) is 5.91 Å². The molecule has 0 radical (unpaired) electrons. The molecule has 0 heterocycles. The van der Waals surface area contributed by atoms with Crippen LogP contribution in [0.15, 0.2) is 0 Å². The molecule has 1 rings (SSSR count). The first kappa shape index (κ1) is 17.4. The fourth-order valence-electron chi connectivity index (χ4n) is 2.92. The minimum Gasteiger partial charge on any atom is -0.353 e. The average Bonchev–Trinajstić information content (AvgIpc) is 2.72. The normalized spacial score (nSPS) is 18.8. The second-order valence-corrected chi connectivity index (χ2v) is 6.13. The van der Waals surface area contributed by atoms with E-state index in [0.29, 0.717) is 19.1 Å². The third-order valence-corrected chi connectivity index (χ3v) is 4.36. The Morgan fingerprint density at radius 1 is 1.30 bits per heavy atom. The first-order valence-corrected chi connectivity index (χ1v) is 8.40. The zero-order valence-corrected chi connectivity index (χ0v) is 13.4. The molecule has 4 heteroatoms. The maximum absolute atomic E-state index is 12.1. The molecular weight excluding hydrogens is 250 g/mol. The van der Waals surface area contributed by atoms with Crippen molar-refractivity contribution in [3.05, 3.63) is 0 Å². The Morgan fingerprint density at radius 3 is 2.50 bits per heavy atom. The largest absolute Gasteiger partial charge is 0.353 e. The van der Waals surface area contributed by atoms with E-state index in [9.17, 15) is 4.79 Å². The van der Waals surface area contributed by atoms with Gasteiger partial charge in [-0.3, -0.25) is 9.69 Å². The van der Waals surface area contributed by atoms with Crippen LogP contribution in [-0.2, 0) is 4.79 Å². The van der Waals surface area contributed by atoms with Gasteiger partial charge in [-0.2, -0.15) is 0 Å². The van der Waals surface area contributed by atoms with Crippen molar-refractivity contribution in [3.8, 4) is 0 Å². The molecule has 4 nitrogen and oxygen atoms in total. The van der Waals surface area contributed by atoms with Crippen molar-refractivity contribution < 1.29 is 4.79 Å². The molecule has 1 saturated carbocycles. The standard InChI is InChI=1S/C16H33N3O/c1-3-14(2)18-16(20)13-19(12-8-11-17)15-9-6-4-5-7-10-15/h14-15H,3-13,17H2,1-2H3,(H,18,20). The Kier molecular flexibility index (Phi) is 8.86. The molecule has 3 N–H and O–H groups in total. The molecule has 0 aromatic rings. The fourth-order valence-corrected chi connectivity index (χ4v) is 2.92. The van der Waals surface area contributed by atoms with Crippen LogP contribution in [0.25, 0.3) is 0 Å². The van der Waals surface area contributed by atoms with E-state index in [-0.39, 0.29) is 11.9 Å². The van der Waals surface area contributed by atoms with Crippen LogP contribution in [-0.4, -0.2) is 42.5 Å². The summed E-state index contributed by atoms with van der Waals surface area (Å²) in [5.41, 5.74) is 5.64. The monoisotopic (exact) mass is 283 g/mol. The number of rotatable bonds is 8. The summed E-state index contributed by atoms with van der Waals surface area (Å²) in [6.45, 7) is 6.36. The predicted molar refractivity (Wildman–Crippen MR) is 84.6 cm³/mol. The first-order chi connectivity index (χ1) is 9.67. The van der Waals surface area contributed by atoms with Gasteiger partial charge in [-0.1, -0.05) is 32.6 Å². The lowest BCUT2D eigenvalue weighted by Gasteiger charge is -2.31. The van der Waals surface area contributed by atoms with Crippen molar-refractivity contribution >= 4 is 5.91 Å². The zero-order valence-electron chi connectivity index (χ0n) is 13.4. The van der Waals surface area contributed by atoms with Crippen molar-refractivity contribution in [2.24, 2.45) is 5.73 Å². The Bertz CT molecular complexity index is 262. The highest BCUT2D eigenvalue weighted by Gasteiger charge is 2.22. The predicted octanol–water partition coefficient (Wildman–Crippen LogP) is 2.27. The number of nitrogens with zero attached hydrogens (tertiary/aromatic N) is 1. The molecular formula is C16H33N3O. The molecule has 1 unspecified atom stereocenters. The summed E-state index contributed by atoms with van der Waals surface area (Å²) >= 11 is 0. The zero-order chi connectivity index (χ0) is 14.8. The topological polar surface area (TPSA) is 58.4 Å². The van der Waals surface area contributed by atoms with Crippen molar-refractivity contribution in [1.29, 1.82) is 0 Å². The number of carbonyl (C=O) groups is 1. The van der Waals surface area contributed by atoms with Crippen LogP contribution in [0.1, 0.15) is 65.2 Å². The van der Waals surface area contributed by atoms with E-state index in [0.717, 1.165) is 19.4 Å². The maximum Gasteiger partial charge on any atom is 0.234 e. The number of hydrogen-bond donors (Lipinski definition) is 2. The van der Waals surface area contributed by atoms with Gasteiger partial charge < -0.3 is 11.1 Å². The van der Waals surface area contributed by atoms with Gasteiger partial charge in [0.15, 0.2) is 0 Å². The molecule has 20 heavy (non-hydrogen) atoms. The van der Waals surface area contributed by atoms with Crippen LogP contribution >= 0.6 is 0 Å². The molecule has 1 fully saturated rings. The van der Waals surface area contributed by atoms with Gasteiger partial charge in [0, 0.05) is 18.6 Å². The minimum absolute atomic E-state index is 0.167.